The van der Waals surface area contributed by atoms with E-state index >= 15 is 0 Å². The smallest absolute Gasteiger partial charge is 0.329 e. The predicted molar refractivity (Wildman–Crippen MR) is 151 cm³/mol. The first-order valence-electron chi connectivity index (χ1n) is 11.9. The maximum absolute atomic E-state index is 12.4. The number of rotatable bonds is 11. The SMILES string of the molecule is COc1ccc(CCNC(=O)C(=O)N/N=C\c2ccccc2OCC(=O)Nc2ccc(Br)cc2C)cc1OC. The third-order valence-corrected chi connectivity index (χ3v) is 5.96. The largest absolute Gasteiger partial charge is 0.493 e. The standard InChI is InChI=1S/C28H29BrN4O6/c1-18-14-21(29)9-10-22(18)32-26(34)17-39-23-7-5-4-6-20(23)16-31-33-28(36)27(35)30-13-12-19-8-11-24(37-2)25(15-19)38-3/h4-11,14-16H,12-13,17H2,1-3H3,(H,30,35)(H,32,34)(H,33,36)/b31-16-. The van der Waals surface area contributed by atoms with E-state index in [-0.39, 0.29) is 19.1 Å². The molecule has 0 aliphatic carbocycles. The molecule has 0 aliphatic heterocycles. The number of amides is 3. The molecular formula is C28H29BrN4O6. The first kappa shape index (κ1) is 29.2. The van der Waals surface area contributed by atoms with Crippen LogP contribution in [0.4, 0.5) is 5.69 Å². The van der Waals surface area contributed by atoms with Gasteiger partial charge in [-0.2, -0.15) is 5.10 Å². The number of methoxy groups -OCH3 is 2. The molecule has 0 bridgehead atoms. The molecule has 11 heteroatoms. The Hall–Kier alpha value is -4.38. The van der Waals surface area contributed by atoms with Crippen molar-refractivity contribution in [2.24, 2.45) is 5.10 Å². The van der Waals surface area contributed by atoms with Crippen molar-refractivity contribution in [1.29, 1.82) is 0 Å². The van der Waals surface area contributed by atoms with Crippen molar-refractivity contribution in [3.05, 3.63) is 81.8 Å². The molecule has 0 atom stereocenters. The third kappa shape index (κ3) is 8.85. The number of aryl methyl sites for hydroxylation is 1. The quantitative estimate of drug-likeness (QED) is 0.176. The van der Waals surface area contributed by atoms with Gasteiger partial charge in [-0.25, -0.2) is 5.43 Å². The zero-order valence-corrected chi connectivity index (χ0v) is 23.3. The van der Waals surface area contributed by atoms with E-state index in [0.29, 0.717) is 34.9 Å². The monoisotopic (exact) mass is 596 g/mol. The molecule has 10 nitrogen and oxygen atoms in total. The fourth-order valence-corrected chi connectivity index (χ4v) is 3.94. The van der Waals surface area contributed by atoms with E-state index in [0.717, 1.165) is 15.6 Å². The summed E-state index contributed by atoms with van der Waals surface area (Å²) < 4.78 is 17.0. The average molecular weight is 597 g/mol. The first-order valence-corrected chi connectivity index (χ1v) is 12.7. The summed E-state index contributed by atoms with van der Waals surface area (Å²) in [6.07, 6.45) is 1.82. The highest BCUT2D eigenvalue weighted by Gasteiger charge is 2.13. The summed E-state index contributed by atoms with van der Waals surface area (Å²) in [5.41, 5.74) is 5.21. The minimum atomic E-state index is -0.916. The van der Waals surface area contributed by atoms with E-state index in [1.54, 1.807) is 56.7 Å². The molecule has 204 valence electrons. The molecule has 0 aromatic heterocycles. The molecule has 3 rings (SSSR count). The molecule has 39 heavy (non-hydrogen) atoms. The van der Waals surface area contributed by atoms with Crippen LogP contribution >= 0.6 is 15.9 Å². The van der Waals surface area contributed by atoms with Crippen LogP contribution in [0.1, 0.15) is 16.7 Å². The van der Waals surface area contributed by atoms with Crippen molar-refractivity contribution in [2.75, 3.05) is 32.7 Å². The zero-order valence-electron chi connectivity index (χ0n) is 21.7. The van der Waals surface area contributed by atoms with Crippen LogP contribution in [0.2, 0.25) is 0 Å². The van der Waals surface area contributed by atoms with Gasteiger partial charge < -0.3 is 24.8 Å². The van der Waals surface area contributed by atoms with Gasteiger partial charge in [0.1, 0.15) is 5.75 Å². The lowest BCUT2D eigenvalue weighted by Crippen LogP contribution is -2.38. The number of nitrogens with zero attached hydrogens (tertiary/aromatic N) is 1. The van der Waals surface area contributed by atoms with Crippen molar-refractivity contribution in [1.82, 2.24) is 10.7 Å². The maximum Gasteiger partial charge on any atom is 0.329 e. The van der Waals surface area contributed by atoms with E-state index in [2.05, 4.69) is 37.1 Å². The number of hydrogen-bond donors (Lipinski definition) is 3. The number of hydrazone groups is 1. The molecule has 0 radical (unpaired) electrons. The fourth-order valence-electron chi connectivity index (χ4n) is 3.46. The Bertz CT molecular complexity index is 1360. The van der Waals surface area contributed by atoms with E-state index < -0.39 is 11.8 Å². The van der Waals surface area contributed by atoms with Crippen LogP contribution in [-0.2, 0) is 20.8 Å². The van der Waals surface area contributed by atoms with Crippen LogP contribution in [0.15, 0.2) is 70.2 Å². The number of nitrogens with one attached hydrogen (secondary N) is 3. The molecule has 3 N–H and O–H groups in total. The van der Waals surface area contributed by atoms with E-state index in [4.69, 9.17) is 14.2 Å². The molecule has 0 heterocycles. The van der Waals surface area contributed by atoms with Gasteiger partial charge >= 0.3 is 11.8 Å². The Kier molecular flexibility index (Phi) is 10.9. The van der Waals surface area contributed by atoms with Crippen molar-refractivity contribution >= 4 is 45.6 Å². The Balaban J connectivity index is 1.47. The van der Waals surface area contributed by atoms with Crippen LogP contribution in [0.5, 0.6) is 17.2 Å². The van der Waals surface area contributed by atoms with Gasteiger partial charge in [-0.3, -0.25) is 14.4 Å². The summed E-state index contributed by atoms with van der Waals surface area (Å²) in [5.74, 6) is -0.493. The summed E-state index contributed by atoms with van der Waals surface area (Å²) in [6.45, 7) is 1.90. The lowest BCUT2D eigenvalue weighted by molar-refractivity contribution is -0.139. The summed E-state index contributed by atoms with van der Waals surface area (Å²) in [7, 11) is 3.10. The molecule has 0 aliphatic rings. The Morgan fingerprint density at radius 3 is 2.44 bits per heavy atom. The minimum Gasteiger partial charge on any atom is -0.493 e. The number of anilines is 1. The van der Waals surface area contributed by atoms with Crippen LogP contribution < -0.4 is 30.3 Å². The second-order valence-corrected chi connectivity index (χ2v) is 9.14. The molecule has 0 saturated heterocycles. The number of halogens is 1. The molecule has 0 fully saturated rings. The van der Waals surface area contributed by atoms with Gasteiger partial charge in [0.05, 0.1) is 20.4 Å². The van der Waals surface area contributed by atoms with Crippen molar-refractivity contribution in [3.63, 3.8) is 0 Å². The van der Waals surface area contributed by atoms with Gasteiger partial charge in [0.15, 0.2) is 18.1 Å². The average Bonchev–Trinajstić information content (AvgIpc) is 2.93. The van der Waals surface area contributed by atoms with E-state index in [1.165, 1.54) is 6.21 Å². The number of carbonyl (C=O) groups excluding carboxylic acids is 3. The molecule has 0 unspecified atom stereocenters. The highest BCUT2D eigenvalue weighted by atomic mass is 79.9. The normalized spacial score (nSPS) is 10.6. The third-order valence-electron chi connectivity index (χ3n) is 5.46. The van der Waals surface area contributed by atoms with Crippen LogP contribution in [0, 0.1) is 6.92 Å². The molecule has 3 amide bonds. The highest BCUT2D eigenvalue weighted by Crippen LogP contribution is 2.27. The van der Waals surface area contributed by atoms with Crippen molar-refractivity contribution < 1.29 is 28.6 Å². The number of hydrogen-bond acceptors (Lipinski definition) is 7. The second kappa shape index (κ2) is 14.5. The van der Waals surface area contributed by atoms with Gasteiger partial charge in [0.25, 0.3) is 5.91 Å². The number of para-hydroxylation sites is 1. The van der Waals surface area contributed by atoms with E-state index in [9.17, 15) is 14.4 Å². The van der Waals surface area contributed by atoms with Crippen molar-refractivity contribution in [3.8, 4) is 17.2 Å². The Morgan fingerprint density at radius 2 is 1.69 bits per heavy atom. The van der Waals surface area contributed by atoms with Crippen LogP contribution in [0.3, 0.4) is 0 Å². The van der Waals surface area contributed by atoms with Gasteiger partial charge in [-0.05, 0) is 66.9 Å². The number of ether oxygens (including phenoxy) is 3. The summed E-state index contributed by atoms with van der Waals surface area (Å²) in [6, 6.07) is 17.8. The van der Waals surface area contributed by atoms with Crippen molar-refractivity contribution in [2.45, 2.75) is 13.3 Å². The topological polar surface area (TPSA) is 127 Å². The van der Waals surface area contributed by atoms with Crippen LogP contribution in [0.25, 0.3) is 0 Å². The Morgan fingerprint density at radius 1 is 0.923 bits per heavy atom. The number of carbonyl (C=O) groups is 3. The predicted octanol–water partition coefficient (Wildman–Crippen LogP) is 3.60. The molecule has 0 saturated carbocycles. The molecule has 3 aromatic rings. The van der Waals surface area contributed by atoms with Gasteiger partial charge in [-0.1, -0.05) is 34.1 Å². The Labute approximate surface area is 234 Å². The summed E-state index contributed by atoms with van der Waals surface area (Å²) >= 11 is 3.39. The van der Waals surface area contributed by atoms with Gasteiger partial charge in [0, 0.05) is 22.3 Å². The lowest BCUT2D eigenvalue weighted by Gasteiger charge is -2.11. The maximum atomic E-state index is 12.4. The highest BCUT2D eigenvalue weighted by molar-refractivity contribution is 9.10. The van der Waals surface area contributed by atoms with Crippen LogP contribution in [-0.4, -0.2) is 51.3 Å². The number of benzene rings is 3. The van der Waals surface area contributed by atoms with E-state index in [1.807, 2.05) is 25.1 Å². The minimum absolute atomic E-state index is 0.227. The van der Waals surface area contributed by atoms with Gasteiger partial charge in [-0.15, -0.1) is 0 Å². The lowest BCUT2D eigenvalue weighted by atomic mass is 10.1. The second-order valence-electron chi connectivity index (χ2n) is 8.23. The first-order chi connectivity index (χ1) is 18.8. The summed E-state index contributed by atoms with van der Waals surface area (Å²) in [5, 5.41) is 9.20. The molecular weight excluding hydrogens is 568 g/mol. The fraction of sp³-hybridized carbons (Fsp3) is 0.214. The van der Waals surface area contributed by atoms with Gasteiger partial charge in [0.2, 0.25) is 0 Å². The summed E-state index contributed by atoms with van der Waals surface area (Å²) in [4.78, 5) is 36.6. The molecule has 0 spiro atoms. The zero-order chi connectivity index (χ0) is 28.2. The molecule has 3 aromatic carbocycles.